The van der Waals surface area contributed by atoms with Crippen molar-refractivity contribution in [3.8, 4) is 28.6 Å². The monoisotopic (exact) mass is 421 g/mol. The predicted molar refractivity (Wildman–Crippen MR) is 117 cm³/mol. The zero-order valence-electron chi connectivity index (χ0n) is 17.2. The van der Waals surface area contributed by atoms with Crippen molar-refractivity contribution in [2.75, 3.05) is 26.6 Å². The Hall–Kier alpha value is -4.00. The summed E-state index contributed by atoms with van der Waals surface area (Å²) in [5.74, 6) is 1.09. The highest BCUT2D eigenvalue weighted by atomic mass is 19.1. The van der Waals surface area contributed by atoms with Gasteiger partial charge >= 0.3 is 0 Å². The number of ether oxygens (including phenoxy) is 3. The Kier molecular flexibility index (Phi) is 5.49. The van der Waals surface area contributed by atoms with Gasteiger partial charge in [-0.3, -0.25) is 4.79 Å². The first-order chi connectivity index (χ1) is 15.0. The van der Waals surface area contributed by atoms with Gasteiger partial charge in [0.15, 0.2) is 16.9 Å². The van der Waals surface area contributed by atoms with Crippen LogP contribution in [0.4, 0.5) is 15.8 Å². The Labute approximate surface area is 177 Å². The summed E-state index contributed by atoms with van der Waals surface area (Å²) in [6, 6.07) is 16.4. The van der Waals surface area contributed by atoms with E-state index < -0.39 is 0 Å². The smallest absolute Gasteiger partial charge is 0.204 e. The van der Waals surface area contributed by atoms with Crippen molar-refractivity contribution >= 4 is 22.3 Å². The van der Waals surface area contributed by atoms with Gasteiger partial charge in [-0.15, -0.1) is 0 Å². The molecular formula is C24H20FNO5. The van der Waals surface area contributed by atoms with Gasteiger partial charge < -0.3 is 23.9 Å². The molecule has 0 aliphatic rings. The van der Waals surface area contributed by atoms with Crippen LogP contribution < -0.4 is 25.0 Å². The largest absolute Gasteiger partial charge is 0.493 e. The molecule has 31 heavy (non-hydrogen) atoms. The van der Waals surface area contributed by atoms with Crippen molar-refractivity contribution in [1.82, 2.24) is 0 Å². The minimum Gasteiger partial charge on any atom is -0.493 e. The molecule has 0 fully saturated rings. The lowest BCUT2D eigenvalue weighted by Gasteiger charge is -2.14. The standard InChI is InChI=1S/C24H20FNO5/c1-28-21-13-20-22(24(30-3)23(21)29-2)18(27)12-19(31-20)14-4-8-16(9-5-14)26-17-10-6-15(25)7-11-17/h4-13,26H,1-3H3. The van der Waals surface area contributed by atoms with Gasteiger partial charge in [-0.25, -0.2) is 4.39 Å². The molecule has 1 heterocycles. The molecule has 1 N–H and O–H groups in total. The van der Waals surface area contributed by atoms with Crippen molar-refractivity contribution < 1.29 is 23.0 Å². The number of methoxy groups -OCH3 is 3. The van der Waals surface area contributed by atoms with Gasteiger partial charge in [0.2, 0.25) is 5.75 Å². The Morgan fingerprint density at radius 1 is 0.806 bits per heavy atom. The van der Waals surface area contributed by atoms with Gasteiger partial charge in [-0.2, -0.15) is 0 Å². The average molecular weight is 421 g/mol. The lowest BCUT2D eigenvalue weighted by Crippen LogP contribution is -2.05. The van der Waals surface area contributed by atoms with Gasteiger partial charge in [0.25, 0.3) is 0 Å². The maximum absolute atomic E-state index is 13.1. The molecule has 0 aliphatic carbocycles. The number of hydrogen-bond acceptors (Lipinski definition) is 6. The van der Waals surface area contributed by atoms with Crippen LogP contribution in [-0.2, 0) is 0 Å². The van der Waals surface area contributed by atoms with E-state index in [1.165, 1.54) is 39.5 Å². The van der Waals surface area contributed by atoms with Crippen LogP contribution in [0, 0.1) is 5.82 Å². The molecule has 0 amide bonds. The highest BCUT2D eigenvalue weighted by molar-refractivity contribution is 5.90. The molecule has 0 radical (unpaired) electrons. The Bertz CT molecular complexity index is 1280. The second-order valence-electron chi connectivity index (χ2n) is 6.70. The van der Waals surface area contributed by atoms with E-state index in [1.807, 2.05) is 24.3 Å². The van der Waals surface area contributed by atoms with Crippen LogP contribution in [-0.4, -0.2) is 21.3 Å². The van der Waals surface area contributed by atoms with Gasteiger partial charge in [0.05, 0.1) is 21.3 Å². The van der Waals surface area contributed by atoms with Crippen molar-refractivity contribution in [3.63, 3.8) is 0 Å². The highest BCUT2D eigenvalue weighted by Gasteiger charge is 2.20. The van der Waals surface area contributed by atoms with E-state index in [4.69, 9.17) is 18.6 Å². The minimum atomic E-state index is -0.293. The van der Waals surface area contributed by atoms with Crippen molar-refractivity contribution in [2.24, 2.45) is 0 Å². The average Bonchev–Trinajstić information content (AvgIpc) is 2.79. The van der Waals surface area contributed by atoms with Crippen molar-refractivity contribution in [3.05, 3.63) is 76.7 Å². The van der Waals surface area contributed by atoms with Crippen LogP contribution in [0.3, 0.4) is 0 Å². The molecule has 0 spiro atoms. The molecule has 0 saturated heterocycles. The summed E-state index contributed by atoms with van der Waals surface area (Å²) in [6.07, 6.45) is 0. The third-order valence-corrected chi connectivity index (χ3v) is 4.82. The van der Waals surface area contributed by atoms with Gasteiger partial charge in [-0.1, -0.05) is 0 Å². The van der Waals surface area contributed by atoms with E-state index in [2.05, 4.69) is 5.32 Å². The first-order valence-electron chi connectivity index (χ1n) is 9.44. The van der Waals surface area contributed by atoms with Crippen LogP contribution in [0.2, 0.25) is 0 Å². The molecule has 4 aromatic rings. The fourth-order valence-electron chi connectivity index (χ4n) is 3.35. The highest BCUT2D eigenvalue weighted by Crippen LogP contribution is 2.42. The Morgan fingerprint density at radius 2 is 1.42 bits per heavy atom. The van der Waals surface area contributed by atoms with Gasteiger partial charge in [0, 0.05) is 29.1 Å². The van der Waals surface area contributed by atoms with E-state index >= 15 is 0 Å². The fourth-order valence-corrected chi connectivity index (χ4v) is 3.35. The molecule has 6 nitrogen and oxygen atoms in total. The summed E-state index contributed by atoms with van der Waals surface area (Å²) < 4.78 is 35.2. The fraction of sp³-hybridized carbons (Fsp3) is 0.125. The second kappa shape index (κ2) is 8.39. The Balaban J connectivity index is 1.72. The zero-order valence-corrected chi connectivity index (χ0v) is 17.2. The summed E-state index contributed by atoms with van der Waals surface area (Å²) in [6.45, 7) is 0. The van der Waals surface area contributed by atoms with Crippen molar-refractivity contribution in [1.29, 1.82) is 0 Å². The third kappa shape index (κ3) is 3.90. The summed E-state index contributed by atoms with van der Waals surface area (Å²) in [4.78, 5) is 12.9. The SMILES string of the molecule is COc1cc2oc(-c3ccc(Nc4ccc(F)cc4)cc3)cc(=O)c2c(OC)c1OC. The van der Waals surface area contributed by atoms with E-state index in [0.29, 0.717) is 22.8 Å². The molecule has 0 bridgehead atoms. The maximum atomic E-state index is 13.1. The molecule has 3 aromatic carbocycles. The van der Waals surface area contributed by atoms with Gasteiger partial charge in [-0.05, 0) is 48.5 Å². The van der Waals surface area contributed by atoms with Crippen LogP contribution in [0.1, 0.15) is 0 Å². The van der Waals surface area contributed by atoms with Crippen molar-refractivity contribution in [2.45, 2.75) is 0 Å². The number of halogens is 1. The van der Waals surface area contributed by atoms with E-state index in [1.54, 1.807) is 18.2 Å². The number of nitrogens with one attached hydrogen (secondary N) is 1. The number of hydrogen-bond donors (Lipinski definition) is 1. The Morgan fingerprint density at radius 3 is 2.00 bits per heavy atom. The zero-order chi connectivity index (χ0) is 22.0. The summed E-state index contributed by atoms with van der Waals surface area (Å²) in [5, 5.41) is 3.46. The third-order valence-electron chi connectivity index (χ3n) is 4.82. The topological polar surface area (TPSA) is 69.9 Å². The molecule has 0 aliphatic heterocycles. The predicted octanol–water partition coefficient (Wildman–Crippen LogP) is 5.37. The summed E-state index contributed by atoms with van der Waals surface area (Å²) in [7, 11) is 4.43. The molecule has 7 heteroatoms. The van der Waals surface area contributed by atoms with Crippen LogP contribution in [0.25, 0.3) is 22.3 Å². The van der Waals surface area contributed by atoms with Crippen LogP contribution in [0.15, 0.2) is 69.9 Å². The number of benzene rings is 3. The molecule has 4 rings (SSSR count). The lowest BCUT2D eigenvalue weighted by molar-refractivity contribution is 0.326. The van der Waals surface area contributed by atoms with Crippen LogP contribution >= 0.6 is 0 Å². The normalized spacial score (nSPS) is 10.7. The number of rotatable bonds is 6. The molecule has 0 saturated carbocycles. The number of fused-ring (bicyclic) bond motifs is 1. The summed E-state index contributed by atoms with van der Waals surface area (Å²) >= 11 is 0. The second-order valence-corrected chi connectivity index (χ2v) is 6.70. The molecular weight excluding hydrogens is 401 g/mol. The van der Waals surface area contributed by atoms with Gasteiger partial charge in [0.1, 0.15) is 22.5 Å². The maximum Gasteiger partial charge on any atom is 0.204 e. The quantitative estimate of drug-likeness (QED) is 0.451. The lowest BCUT2D eigenvalue weighted by atomic mass is 10.1. The van der Waals surface area contributed by atoms with E-state index in [-0.39, 0.29) is 22.4 Å². The molecule has 0 unspecified atom stereocenters. The molecule has 1 aromatic heterocycles. The number of anilines is 2. The van der Waals surface area contributed by atoms with E-state index in [9.17, 15) is 9.18 Å². The molecule has 0 atom stereocenters. The minimum absolute atomic E-state index is 0.260. The summed E-state index contributed by atoms with van der Waals surface area (Å²) in [5.41, 5.74) is 2.36. The molecule has 158 valence electrons. The van der Waals surface area contributed by atoms with E-state index in [0.717, 1.165) is 16.9 Å². The first kappa shape index (κ1) is 20.3. The first-order valence-corrected chi connectivity index (χ1v) is 9.44. The van der Waals surface area contributed by atoms with Crippen LogP contribution in [0.5, 0.6) is 17.2 Å².